The Morgan fingerprint density at radius 3 is 2.07 bits per heavy atom. The van der Waals surface area contributed by atoms with E-state index in [4.69, 9.17) is 0 Å². The Balaban J connectivity index is 2.06. The van der Waals surface area contributed by atoms with Gasteiger partial charge in [0.15, 0.2) is 0 Å². The Morgan fingerprint density at radius 2 is 1.47 bits per heavy atom. The Bertz CT molecular complexity index is 1160. The lowest BCUT2D eigenvalue weighted by Crippen LogP contribution is -2.39. The Morgan fingerprint density at radius 1 is 0.867 bits per heavy atom. The molecule has 0 unspecified atom stereocenters. The summed E-state index contributed by atoms with van der Waals surface area (Å²) in [7, 11) is 0. The number of fused-ring (bicyclic) bond motifs is 3. The molecule has 1 aliphatic carbocycles. The smallest absolute Gasteiger partial charge is 0.0991 e. The van der Waals surface area contributed by atoms with Gasteiger partial charge in [0.25, 0.3) is 0 Å². The molecule has 0 aliphatic heterocycles. The fraction of sp³-hybridized carbons (Fsp3) is 0.321. The minimum atomic E-state index is -0.138. The summed E-state index contributed by atoms with van der Waals surface area (Å²) in [6, 6.07) is 21.8. The van der Waals surface area contributed by atoms with Crippen molar-refractivity contribution in [2.45, 2.75) is 59.4 Å². The number of anilines is 2. The molecule has 2 nitrogen and oxygen atoms in total. The highest BCUT2D eigenvalue weighted by Crippen LogP contribution is 2.54. The maximum absolute atomic E-state index is 9.42. The molecule has 0 spiro atoms. The molecule has 2 heteroatoms. The lowest BCUT2D eigenvalue weighted by Gasteiger charge is -2.41. The second-order valence-corrected chi connectivity index (χ2v) is 9.95. The van der Waals surface area contributed by atoms with Gasteiger partial charge in [-0.05, 0) is 80.6 Å². The van der Waals surface area contributed by atoms with Crippen molar-refractivity contribution < 1.29 is 0 Å². The molecule has 0 atom stereocenters. The highest BCUT2D eigenvalue weighted by molar-refractivity contribution is 5.93. The van der Waals surface area contributed by atoms with Gasteiger partial charge >= 0.3 is 0 Å². The molecule has 1 aliphatic rings. The molecule has 30 heavy (non-hydrogen) atoms. The molecule has 3 aromatic carbocycles. The van der Waals surface area contributed by atoms with Crippen molar-refractivity contribution in [3.8, 4) is 17.2 Å². The molecular weight excluding hydrogens is 364 g/mol. The summed E-state index contributed by atoms with van der Waals surface area (Å²) in [6.45, 7) is 15.6. The Hall–Kier alpha value is -3.05. The molecule has 3 aromatic rings. The van der Waals surface area contributed by atoms with Gasteiger partial charge in [-0.3, -0.25) is 0 Å². The first-order valence-corrected chi connectivity index (χ1v) is 10.6. The van der Waals surface area contributed by atoms with E-state index < -0.39 is 0 Å². The van der Waals surface area contributed by atoms with E-state index >= 15 is 0 Å². The maximum atomic E-state index is 9.42. The van der Waals surface area contributed by atoms with Crippen LogP contribution in [0.3, 0.4) is 0 Å². The minimum Gasteiger partial charge on any atom is -0.335 e. The zero-order chi connectivity index (χ0) is 21.8. The zero-order valence-electron chi connectivity index (χ0n) is 19.1. The largest absolute Gasteiger partial charge is 0.335 e. The highest BCUT2D eigenvalue weighted by Gasteiger charge is 2.39. The predicted molar refractivity (Wildman–Crippen MR) is 127 cm³/mol. The number of aryl methyl sites for hydroxylation is 2. The molecule has 0 aromatic heterocycles. The van der Waals surface area contributed by atoms with Crippen LogP contribution in [0.2, 0.25) is 0 Å². The summed E-state index contributed by atoms with van der Waals surface area (Å²) in [4.78, 5) is 2.47. The van der Waals surface area contributed by atoms with E-state index in [-0.39, 0.29) is 11.0 Å². The number of hydrogen-bond acceptors (Lipinski definition) is 2. The van der Waals surface area contributed by atoms with Crippen molar-refractivity contribution in [1.29, 1.82) is 5.26 Å². The van der Waals surface area contributed by atoms with Gasteiger partial charge in [0.1, 0.15) is 0 Å². The first kappa shape index (κ1) is 20.2. The third-order valence-corrected chi connectivity index (χ3v) is 6.34. The molecule has 0 saturated carbocycles. The van der Waals surface area contributed by atoms with E-state index in [0.717, 1.165) is 11.1 Å². The molecule has 0 N–H and O–H groups in total. The molecule has 0 heterocycles. The van der Waals surface area contributed by atoms with E-state index in [1.165, 1.54) is 33.6 Å². The second kappa shape index (κ2) is 6.74. The monoisotopic (exact) mass is 394 g/mol. The molecule has 152 valence electrons. The molecule has 0 radical (unpaired) electrons. The summed E-state index contributed by atoms with van der Waals surface area (Å²) in [5.74, 6) is 0. The normalized spacial score (nSPS) is 14.1. The number of hydrogen-bond donors (Lipinski definition) is 0. The number of benzene rings is 3. The van der Waals surface area contributed by atoms with Crippen molar-refractivity contribution in [2.24, 2.45) is 0 Å². The van der Waals surface area contributed by atoms with Crippen LogP contribution < -0.4 is 4.90 Å². The molecular formula is C28H30N2. The zero-order valence-corrected chi connectivity index (χ0v) is 19.1. The summed E-state index contributed by atoms with van der Waals surface area (Å²) >= 11 is 0. The van der Waals surface area contributed by atoms with Crippen molar-refractivity contribution in [1.82, 2.24) is 0 Å². The summed E-state index contributed by atoms with van der Waals surface area (Å²) < 4.78 is 0. The van der Waals surface area contributed by atoms with Crippen molar-refractivity contribution >= 4 is 11.4 Å². The van der Waals surface area contributed by atoms with E-state index in [1.807, 2.05) is 12.1 Å². The topological polar surface area (TPSA) is 27.0 Å². The van der Waals surface area contributed by atoms with Crippen LogP contribution in [0.25, 0.3) is 11.1 Å². The van der Waals surface area contributed by atoms with Gasteiger partial charge in [0.05, 0.1) is 11.6 Å². The molecule has 0 fully saturated rings. The highest BCUT2D eigenvalue weighted by atomic mass is 15.2. The average molecular weight is 395 g/mol. The maximum Gasteiger partial charge on any atom is 0.0991 e. The third-order valence-electron chi connectivity index (χ3n) is 6.34. The third kappa shape index (κ3) is 2.92. The fourth-order valence-corrected chi connectivity index (χ4v) is 5.11. The predicted octanol–water partition coefficient (Wildman–Crippen LogP) is 7.42. The molecule has 0 saturated heterocycles. The first-order valence-electron chi connectivity index (χ1n) is 10.6. The Labute approximate surface area is 180 Å². The molecule has 0 amide bonds. The molecule has 0 bridgehead atoms. The fourth-order valence-electron chi connectivity index (χ4n) is 5.11. The SMILES string of the molecule is Cc1cc(C#N)cc(C)c1N(c1cccc2c1-c1ccccc1C2(C)C)C(C)(C)C. The van der Waals surface area contributed by atoms with Crippen LogP contribution in [-0.2, 0) is 5.41 Å². The van der Waals surface area contributed by atoms with Gasteiger partial charge in [-0.25, -0.2) is 0 Å². The number of rotatable bonds is 2. The van der Waals surface area contributed by atoms with Gasteiger partial charge in [-0.1, -0.05) is 50.2 Å². The van der Waals surface area contributed by atoms with E-state index in [0.29, 0.717) is 5.56 Å². The average Bonchev–Trinajstić information content (AvgIpc) is 2.92. The van der Waals surface area contributed by atoms with E-state index in [1.54, 1.807) is 0 Å². The minimum absolute atomic E-state index is 0.0275. The van der Waals surface area contributed by atoms with Crippen LogP contribution in [0, 0.1) is 25.2 Å². The molecule has 4 rings (SSSR count). The van der Waals surface area contributed by atoms with Gasteiger partial charge in [0.2, 0.25) is 0 Å². The number of nitrogens with zero attached hydrogens (tertiary/aromatic N) is 2. The van der Waals surface area contributed by atoms with Crippen LogP contribution in [0.1, 0.15) is 62.4 Å². The number of nitriles is 1. The van der Waals surface area contributed by atoms with Gasteiger partial charge in [0, 0.05) is 27.9 Å². The second-order valence-electron chi connectivity index (χ2n) is 9.95. The first-order chi connectivity index (χ1) is 14.1. The van der Waals surface area contributed by atoms with E-state index in [2.05, 4.69) is 102 Å². The van der Waals surface area contributed by atoms with Crippen LogP contribution in [0.4, 0.5) is 11.4 Å². The van der Waals surface area contributed by atoms with Crippen LogP contribution >= 0.6 is 0 Å². The van der Waals surface area contributed by atoms with E-state index in [9.17, 15) is 5.26 Å². The van der Waals surface area contributed by atoms with Crippen molar-refractivity contribution in [2.75, 3.05) is 4.90 Å². The lowest BCUT2D eigenvalue weighted by atomic mass is 9.82. The summed E-state index contributed by atoms with van der Waals surface area (Å²) in [6.07, 6.45) is 0. The van der Waals surface area contributed by atoms with Gasteiger partial charge in [-0.15, -0.1) is 0 Å². The summed E-state index contributed by atoms with van der Waals surface area (Å²) in [5.41, 5.74) is 10.6. The van der Waals surface area contributed by atoms with Crippen molar-refractivity contribution in [3.05, 3.63) is 82.4 Å². The van der Waals surface area contributed by atoms with Crippen LogP contribution in [-0.4, -0.2) is 5.54 Å². The van der Waals surface area contributed by atoms with Gasteiger partial charge in [-0.2, -0.15) is 5.26 Å². The standard InChI is InChI=1S/C28H30N2/c1-18-15-20(17-29)16-19(2)26(18)30(27(3,4)5)24-14-10-13-23-25(24)21-11-8-9-12-22(21)28(23,6)7/h8-16H,1-7H3. The van der Waals surface area contributed by atoms with Crippen LogP contribution in [0.5, 0.6) is 0 Å². The van der Waals surface area contributed by atoms with Crippen molar-refractivity contribution in [3.63, 3.8) is 0 Å². The van der Waals surface area contributed by atoms with Crippen LogP contribution in [0.15, 0.2) is 54.6 Å². The Kier molecular flexibility index (Phi) is 4.55. The summed E-state index contributed by atoms with van der Waals surface area (Å²) in [5, 5.41) is 9.42. The van der Waals surface area contributed by atoms with Gasteiger partial charge < -0.3 is 4.90 Å². The quantitative estimate of drug-likeness (QED) is 0.452. The lowest BCUT2D eigenvalue weighted by molar-refractivity contribution is 0.558.